The molecule has 0 spiro atoms. The largest absolute Gasteiger partial charge is 0.351 e. The van der Waals surface area contributed by atoms with Crippen LogP contribution in [-0.4, -0.2) is 62.0 Å². The molecule has 3 aliphatic rings. The van der Waals surface area contributed by atoms with Gasteiger partial charge in [-0.25, -0.2) is 0 Å². The number of nitrogens with one attached hydrogen (secondary N) is 3. The monoisotopic (exact) mass is 472 g/mol. The van der Waals surface area contributed by atoms with Crippen LogP contribution in [0.4, 0.5) is 11.9 Å². The molecule has 180 valence electrons. The van der Waals surface area contributed by atoms with E-state index >= 15 is 0 Å². The highest BCUT2D eigenvalue weighted by molar-refractivity contribution is 6.15. The predicted molar refractivity (Wildman–Crippen MR) is 132 cm³/mol. The number of anilines is 2. The number of fused-ring (bicyclic) bond motifs is 1. The number of likely N-dealkylation sites (tertiary alicyclic amines) is 1. The highest BCUT2D eigenvalue weighted by Crippen LogP contribution is 2.28. The minimum absolute atomic E-state index is 0.0217. The van der Waals surface area contributed by atoms with Crippen LogP contribution in [0.1, 0.15) is 49.3 Å². The zero-order valence-corrected chi connectivity index (χ0v) is 19.4. The number of hydrogen-bond donors (Lipinski definition) is 3. The number of imide groups is 1. The zero-order chi connectivity index (χ0) is 23.8. The Morgan fingerprint density at radius 2 is 1.91 bits per heavy atom. The van der Waals surface area contributed by atoms with Crippen molar-refractivity contribution in [3.8, 4) is 0 Å². The minimum Gasteiger partial charge on any atom is -0.351 e. The van der Waals surface area contributed by atoms with E-state index in [1.165, 1.54) is 18.4 Å². The number of nitrogens with zero attached hydrogens (tertiary/aromatic N) is 5. The molecule has 35 heavy (non-hydrogen) atoms. The Kier molecular flexibility index (Phi) is 5.65. The molecule has 0 bridgehead atoms. The lowest BCUT2D eigenvalue weighted by Crippen LogP contribution is -2.30. The van der Waals surface area contributed by atoms with Gasteiger partial charge < -0.3 is 15.5 Å². The smallest absolute Gasteiger partial charge is 0.254 e. The van der Waals surface area contributed by atoms with Crippen molar-refractivity contribution in [2.24, 2.45) is 0 Å². The van der Waals surface area contributed by atoms with Crippen LogP contribution in [0.2, 0.25) is 0 Å². The summed E-state index contributed by atoms with van der Waals surface area (Å²) in [6.07, 6.45) is 8.05. The van der Waals surface area contributed by atoms with Gasteiger partial charge in [0.15, 0.2) is 5.65 Å². The molecule has 1 saturated carbocycles. The van der Waals surface area contributed by atoms with Gasteiger partial charge in [0.25, 0.3) is 5.91 Å². The normalized spacial score (nSPS) is 20.5. The molecular weight excluding hydrogens is 444 g/mol. The van der Waals surface area contributed by atoms with Gasteiger partial charge in [-0.15, -0.1) is 0 Å². The molecule has 2 aliphatic heterocycles. The standard InChI is InChI=1S/C25H28N8O2/c34-21-13-17(23(35)29-21)12-18-14-26-33-22(18)30-24(31-25(33)27-19-8-9-19)28-20(15-32-10-4-5-11-32)16-6-2-1-3-7-16/h1-3,6-7,12,14,19-20H,4-5,8-11,13,15H2,(H,29,34,35)(H2,27,28,30,31)/b17-12+. The molecule has 10 heteroatoms. The Bertz CT molecular complexity index is 1290. The lowest BCUT2D eigenvalue weighted by Gasteiger charge is -2.25. The van der Waals surface area contributed by atoms with Gasteiger partial charge in [-0.2, -0.15) is 19.6 Å². The molecule has 1 unspecified atom stereocenters. The fraction of sp³-hybridized carbons (Fsp3) is 0.400. The SMILES string of the molecule is O=C1C/C(=C\c2cnn3c(NC4CC4)nc(NC(CN4CCCC4)c4ccccc4)nc23)C(=O)N1. The summed E-state index contributed by atoms with van der Waals surface area (Å²) in [5.41, 5.74) is 2.84. The Labute approximate surface area is 202 Å². The first-order valence-corrected chi connectivity index (χ1v) is 12.2. The Morgan fingerprint density at radius 1 is 1.11 bits per heavy atom. The molecule has 3 N–H and O–H groups in total. The molecule has 1 atom stereocenters. The van der Waals surface area contributed by atoms with E-state index in [1.54, 1.807) is 16.8 Å². The number of aromatic nitrogens is 4. The molecule has 1 aliphatic carbocycles. The maximum Gasteiger partial charge on any atom is 0.254 e. The summed E-state index contributed by atoms with van der Waals surface area (Å²) in [4.78, 5) is 35.8. The second-order valence-electron chi connectivity index (χ2n) is 9.46. The highest BCUT2D eigenvalue weighted by atomic mass is 16.2. The molecule has 3 aromatic rings. The van der Waals surface area contributed by atoms with Crippen LogP contribution in [0.5, 0.6) is 0 Å². The van der Waals surface area contributed by atoms with Gasteiger partial charge in [-0.05, 0) is 50.4 Å². The van der Waals surface area contributed by atoms with Crippen molar-refractivity contribution in [3.05, 3.63) is 53.2 Å². The fourth-order valence-corrected chi connectivity index (χ4v) is 4.67. The van der Waals surface area contributed by atoms with E-state index in [-0.39, 0.29) is 24.3 Å². The Hall–Kier alpha value is -3.79. The van der Waals surface area contributed by atoms with Crippen LogP contribution in [-0.2, 0) is 9.59 Å². The quantitative estimate of drug-likeness (QED) is 0.338. The van der Waals surface area contributed by atoms with Crippen LogP contribution >= 0.6 is 0 Å². The second kappa shape index (κ2) is 9.10. The van der Waals surface area contributed by atoms with Gasteiger partial charge in [0.05, 0.1) is 18.7 Å². The van der Waals surface area contributed by atoms with Crippen LogP contribution in [0, 0.1) is 0 Å². The summed E-state index contributed by atoms with van der Waals surface area (Å²) in [5.74, 6) is 0.455. The van der Waals surface area contributed by atoms with Gasteiger partial charge >= 0.3 is 0 Å². The topological polar surface area (TPSA) is 117 Å². The highest BCUT2D eigenvalue weighted by Gasteiger charge is 2.27. The first-order chi connectivity index (χ1) is 17.1. The molecule has 10 nitrogen and oxygen atoms in total. The fourth-order valence-electron chi connectivity index (χ4n) is 4.67. The number of benzene rings is 1. The molecule has 6 rings (SSSR count). The minimum atomic E-state index is -0.368. The molecule has 1 aromatic carbocycles. The third kappa shape index (κ3) is 4.74. The summed E-state index contributed by atoms with van der Waals surface area (Å²) >= 11 is 0. The maximum atomic E-state index is 12.1. The van der Waals surface area contributed by atoms with Crippen molar-refractivity contribution in [2.45, 2.75) is 44.2 Å². The van der Waals surface area contributed by atoms with Crippen molar-refractivity contribution in [1.82, 2.24) is 29.8 Å². The van der Waals surface area contributed by atoms with Crippen LogP contribution in [0.3, 0.4) is 0 Å². The maximum absolute atomic E-state index is 12.1. The predicted octanol–water partition coefficient (Wildman–Crippen LogP) is 2.38. The second-order valence-corrected chi connectivity index (χ2v) is 9.46. The molecular formula is C25H28N8O2. The first-order valence-electron chi connectivity index (χ1n) is 12.2. The first kappa shape index (κ1) is 21.7. The summed E-state index contributed by atoms with van der Waals surface area (Å²) in [7, 11) is 0. The number of amides is 2. The van der Waals surface area contributed by atoms with E-state index in [9.17, 15) is 9.59 Å². The van der Waals surface area contributed by atoms with Crippen molar-refractivity contribution < 1.29 is 9.59 Å². The summed E-state index contributed by atoms with van der Waals surface area (Å²) in [6.45, 7) is 3.06. The summed E-state index contributed by atoms with van der Waals surface area (Å²) < 4.78 is 1.67. The molecule has 3 fully saturated rings. The molecule has 2 amide bonds. The van der Waals surface area contributed by atoms with Crippen molar-refractivity contribution in [1.29, 1.82) is 0 Å². The number of carbonyl (C=O) groups is 2. The van der Waals surface area contributed by atoms with Gasteiger partial charge in [-0.1, -0.05) is 30.3 Å². The third-order valence-electron chi connectivity index (χ3n) is 6.68. The van der Waals surface area contributed by atoms with E-state index in [0.717, 1.165) is 32.5 Å². The van der Waals surface area contributed by atoms with E-state index in [0.29, 0.717) is 34.7 Å². The average Bonchev–Trinajstić information content (AvgIpc) is 3.21. The molecule has 2 aromatic heterocycles. The van der Waals surface area contributed by atoms with Gasteiger partial charge in [0, 0.05) is 23.7 Å². The van der Waals surface area contributed by atoms with E-state index in [1.807, 2.05) is 18.2 Å². The molecule has 4 heterocycles. The number of carbonyl (C=O) groups excluding carboxylic acids is 2. The number of rotatable bonds is 8. The average molecular weight is 473 g/mol. The third-order valence-corrected chi connectivity index (χ3v) is 6.68. The molecule has 0 radical (unpaired) electrons. The van der Waals surface area contributed by atoms with Crippen LogP contribution in [0.25, 0.3) is 11.7 Å². The van der Waals surface area contributed by atoms with Gasteiger partial charge in [0.1, 0.15) is 0 Å². The Morgan fingerprint density at radius 3 is 2.63 bits per heavy atom. The lowest BCUT2D eigenvalue weighted by atomic mass is 10.1. The van der Waals surface area contributed by atoms with E-state index < -0.39 is 0 Å². The molecule has 2 saturated heterocycles. The lowest BCUT2D eigenvalue weighted by molar-refractivity contribution is -0.124. The van der Waals surface area contributed by atoms with Crippen molar-refractivity contribution >= 4 is 35.4 Å². The zero-order valence-electron chi connectivity index (χ0n) is 19.4. The van der Waals surface area contributed by atoms with Crippen LogP contribution in [0.15, 0.2) is 42.1 Å². The van der Waals surface area contributed by atoms with Gasteiger partial charge in [-0.3, -0.25) is 14.9 Å². The number of hydrogen-bond acceptors (Lipinski definition) is 8. The van der Waals surface area contributed by atoms with Crippen molar-refractivity contribution in [2.75, 3.05) is 30.3 Å². The summed E-state index contributed by atoms with van der Waals surface area (Å²) in [6, 6.07) is 10.8. The Balaban J connectivity index is 1.37. The van der Waals surface area contributed by atoms with Gasteiger partial charge in [0.2, 0.25) is 17.8 Å². The van der Waals surface area contributed by atoms with E-state index in [2.05, 4.69) is 38.1 Å². The van der Waals surface area contributed by atoms with E-state index in [4.69, 9.17) is 9.97 Å². The van der Waals surface area contributed by atoms with Crippen molar-refractivity contribution in [3.63, 3.8) is 0 Å². The van der Waals surface area contributed by atoms with Crippen LogP contribution < -0.4 is 16.0 Å². The summed E-state index contributed by atoms with van der Waals surface area (Å²) in [5, 5.41) is 13.8.